The molecule has 0 saturated carbocycles. The molecule has 0 spiro atoms. The molecule has 1 aromatic rings. The van der Waals surface area contributed by atoms with Gasteiger partial charge in [0, 0.05) is 0 Å². The molecule has 1 aromatic carbocycles. The first-order valence-electron chi connectivity index (χ1n) is 7.94. The van der Waals surface area contributed by atoms with E-state index in [1.165, 1.54) is 22.3 Å². The number of rotatable bonds is 8. The van der Waals surface area contributed by atoms with Gasteiger partial charge in [-0.2, -0.15) is 0 Å². The zero-order valence-electron chi connectivity index (χ0n) is 14.0. The summed E-state index contributed by atoms with van der Waals surface area (Å²) in [6, 6.07) is 0. The lowest BCUT2D eigenvalue weighted by Gasteiger charge is -2.24. The highest BCUT2D eigenvalue weighted by atomic mass is 16.1. The summed E-state index contributed by atoms with van der Waals surface area (Å²) in [6.07, 6.45) is 6.90. The molecule has 0 N–H and O–H groups in total. The van der Waals surface area contributed by atoms with Crippen molar-refractivity contribution in [1.29, 1.82) is 0 Å². The van der Waals surface area contributed by atoms with Gasteiger partial charge >= 0.3 is 0 Å². The van der Waals surface area contributed by atoms with Crippen LogP contribution in [0.1, 0.15) is 61.1 Å². The minimum Gasteiger partial charge on any atom is -0.211 e. The second-order valence-electron chi connectivity index (χ2n) is 5.10. The zero-order valence-corrected chi connectivity index (χ0v) is 14.0. The van der Waals surface area contributed by atoms with Crippen molar-refractivity contribution >= 4 is 12.2 Å². The van der Waals surface area contributed by atoms with Crippen molar-refractivity contribution in [3.05, 3.63) is 33.4 Å². The smallest absolute Gasteiger partial charge is 0.211 e. The van der Waals surface area contributed by atoms with Gasteiger partial charge in [-0.25, -0.2) is 19.6 Å². The van der Waals surface area contributed by atoms with E-state index in [0.717, 1.165) is 36.8 Å². The number of aliphatic imine (C=N–C) groups is 2. The molecule has 0 aliphatic heterocycles. The van der Waals surface area contributed by atoms with Gasteiger partial charge in [-0.1, -0.05) is 27.7 Å². The lowest BCUT2D eigenvalue weighted by atomic mass is 9.82. The monoisotopic (exact) mass is 300 g/mol. The SMILES string of the molecule is CCc1c(CC)c(CC)c(CN=C=O)c(CN=C=O)c1CC. The second kappa shape index (κ2) is 9.09. The maximum absolute atomic E-state index is 10.6. The fourth-order valence-corrected chi connectivity index (χ4v) is 3.40. The van der Waals surface area contributed by atoms with Gasteiger partial charge in [-0.05, 0) is 59.1 Å². The summed E-state index contributed by atoms with van der Waals surface area (Å²) in [5, 5.41) is 0. The quantitative estimate of drug-likeness (QED) is 0.544. The molecule has 0 bridgehead atoms. The average molecular weight is 300 g/mol. The molecule has 0 fully saturated rings. The summed E-state index contributed by atoms with van der Waals surface area (Å²) in [4.78, 5) is 28.7. The maximum Gasteiger partial charge on any atom is 0.235 e. The van der Waals surface area contributed by atoms with E-state index >= 15 is 0 Å². The summed E-state index contributed by atoms with van der Waals surface area (Å²) in [7, 11) is 0. The molecule has 4 nitrogen and oxygen atoms in total. The van der Waals surface area contributed by atoms with Gasteiger partial charge in [-0.3, -0.25) is 0 Å². The molecule has 1 rings (SSSR count). The molecule has 0 amide bonds. The van der Waals surface area contributed by atoms with Gasteiger partial charge in [0.25, 0.3) is 0 Å². The van der Waals surface area contributed by atoms with Gasteiger partial charge in [-0.15, -0.1) is 0 Å². The fourth-order valence-electron chi connectivity index (χ4n) is 3.40. The van der Waals surface area contributed by atoms with Crippen LogP contribution in [0.15, 0.2) is 9.98 Å². The van der Waals surface area contributed by atoms with Gasteiger partial charge in [0.15, 0.2) is 0 Å². The van der Waals surface area contributed by atoms with Crippen molar-refractivity contribution < 1.29 is 9.59 Å². The van der Waals surface area contributed by atoms with E-state index in [9.17, 15) is 9.59 Å². The predicted molar refractivity (Wildman–Crippen MR) is 87.6 cm³/mol. The third-order valence-electron chi connectivity index (χ3n) is 4.20. The molecule has 0 aliphatic rings. The van der Waals surface area contributed by atoms with Crippen LogP contribution in [-0.4, -0.2) is 12.2 Å². The van der Waals surface area contributed by atoms with E-state index in [2.05, 4.69) is 37.7 Å². The van der Waals surface area contributed by atoms with Gasteiger partial charge < -0.3 is 0 Å². The largest absolute Gasteiger partial charge is 0.235 e. The second-order valence-corrected chi connectivity index (χ2v) is 5.10. The van der Waals surface area contributed by atoms with Crippen LogP contribution in [0, 0.1) is 0 Å². The lowest BCUT2D eigenvalue weighted by Crippen LogP contribution is -2.12. The van der Waals surface area contributed by atoms with Crippen LogP contribution < -0.4 is 0 Å². The Morgan fingerprint density at radius 1 is 0.591 bits per heavy atom. The molecule has 4 heteroatoms. The van der Waals surface area contributed by atoms with Gasteiger partial charge in [0.2, 0.25) is 12.2 Å². The minimum atomic E-state index is 0.306. The van der Waals surface area contributed by atoms with Crippen molar-refractivity contribution in [3.63, 3.8) is 0 Å². The first kappa shape index (κ1) is 18.0. The number of isocyanates is 2. The number of benzene rings is 1. The highest BCUT2D eigenvalue weighted by molar-refractivity contribution is 5.53. The van der Waals surface area contributed by atoms with E-state index < -0.39 is 0 Å². The van der Waals surface area contributed by atoms with Gasteiger partial charge in [0.1, 0.15) is 0 Å². The Balaban J connectivity index is 3.79. The molecular weight excluding hydrogens is 276 g/mol. The number of hydrogen-bond acceptors (Lipinski definition) is 4. The third kappa shape index (κ3) is 3.59. The summed E-state index contributed by atoms with van der Waals surface area (Å²) in [5.74, 6) is 0. The molecule has 0 atom stereocenters. The Morgan fingerprint density at radius 2 is 0.864 bits per heavy atom. The first-order valence-corrected chi connectivity index (χ1v) is 7.94. The average Bonchev–Trinajstić information content (AvgIpc) is 2.56. The summed E-state index contributed by atoms with van der Waals surface area (Å²) in [6.45, 7) is 9.15. The molecular formula is C18H24N2O2. The highest BCUT2D eigenvalue weighted by Crippen LogP contribution is 2.31. The van der Waals surface area contributed by atoms with Crippen molar-refractivity contribution in [2.75, 3.05) is 0 Å². The Morgan fingerprint density at radius 3 is 1.09 bits per heavy atom. The number of hydrogen-bond donors (Lipinski definition) is 0. The topological polar surface area (TPSA) is 58.9 Å². The molecule has 0 heterocycles. The molecule has 22 heavy (non-hydrogen) atoms. The third-order valence-corrected chi connectivity index (χ3v) is 4.20. The Bertz CT molecular complexity index is 568. The number of carbonyl (C=O) groups excluding carboxylic acids is 2. The van der Waals surface area contributed by atoms with E-state index in [0.29, 0.717) is 13.1 Å². The zero-order chi connectivity index (χ0) is 16.5. The van der Waals surface area contributed by atoms with Crippen LogP contribution in [0.3, 0.4) is 0 Å². The van der Waals surface area contributed by atoms with Crippen molar-refractivity contribution in [1.82, 2.24) is 0 Å². The predicted octanol–water partition coefficient (Wildman–Crippen LogP) is 3.61. The van der Waals surface area contributed by atoms with Crippen LogP contribution in [0.25, 0.3) is 0 Å². The normalized spacial score (nSPS) is 10.0. The summed E-state index contributed by atoms with van der Waals surface area (Å²) in [5.41, 5.74) is 7.28. The van der Waals surface area contributed by atoms with Crippen molar-refractivity contribution in [3.8, 4) is 0 Å². The first-order chi connectivity index (χ1) is 10.7. The molecule has 118 valence electrons. The molecule has 0 aromatic heterocycles. The van der Waals surface area contributed by atoms with E-state index in [-0.39, 0.29) is 0 Å². The van der Waals surface area contributed by atoms with E-state index in [4.69, 9.17) is 0 Å². The fraction of sp³-hybridized carbons (Fsp3) is 0.556. The van der Waals surface area contributed by atoms with Crippen LogP contribution in [0.2, 0.25) is 0 Å². The minimum absolute atomic E-state index is 0.306. The Hall–Kier alpha value is -2.02. The van der Waals surface area contributed by atoms with Gasteiger partial charge in [0.05, 0.1) is 13.1 Å². The maximum atomic E-state index is 10.6. The van der Waals surface area contributed by atoms with Crippen LogP contribution in [-0.2, 0) is 48.4 Å². The van der Waals surface area contributed by atoms with Crippen LogP contribution in [0.4, 0.5) is 0 Å². The van der Waals surface area contributed by atoms with Crippen molar-refractivity contribution in [2.45, 2.75) is 66.5 Å². The van der Waals surface area contributed by atoms with E-state index in [1.807, 2.05) is 0 Å². The van der Waals surface area contributed by atoms with Crippen molar-refractivity contribution in [2.24, 2.45) is 9.98 Å². The lowest BCUT2D eigenvalue weighted by molar-refractivity contribution is 0.561. The molecule has 0 unspecified atom stereocenters. The Labute approximate surface area is 132 Å². The standard InChI is InChI=1S/C18H24N2O2/c1-5-13-14(6-2)16(8-4)18(10-20-12-22)17(9-19-11-21)15(13)7-3/h5-10H2,1-4H3. The van der Waals surface area contributed by atoms with E-state index in [1.54, 1.807) is 12.2 Å². The molecule has 0 radical (unpaired) electrons. The number of nitrogens with zero attached hydrogens (tertiary/aromatic N) is 2. The Kier molecular flexibility index (Phi) is 7.45. The molecule has 0 saturated heterocycles. The highest BCUT2D eigenvalue weighted by Gasteiger charge is 2.20. The summed E-state index contributed by atoms with van der Waals surface area (Å²) >= 11 is 0. The van der Waals surface area contributed by atoms with Crippen LogP contribution in [0.5, 0.6) is 0 Å². The molecule has 0 aliphatic carbocycles. The summed E-state index contributed by atoms with van der Waals surface area (Å²) < 4.78 is 0. The van der Waals surface area contributed by atoms with Crippen LogP contribution >= 0.6 is 0 Å².